The van der Waals surface area contributed by atoms with E-state index in [9.17, 15) is 4.79 Å². The molecule has 0 unspecified atom stereocenters. The van der Waals surface area contributed by atoms with Gasteiger partial charge in [-0.3, -0.25) is 9.48 Å². The molecule has 0 aliphatic carbocycles. The molecule has 0 saturated heterocycles. The second kappa shape index (κ2) is 9.05. The number of halogens is 1. The smallest absolute Gasteiger partial charge is 0.248 e. The van der Waals surface area contributed by atoms with Crippen LogP contribution in [0.1, 0.15) is 36.6 Å². The zero-order chi connectivity index (χ0) is 18.2. The molecule has 0 radical (unpaired) electrons. The van der Waals surface area contributed by atoms with Crippen molar-refractivity contribution in [1.29, 1.82) is 5.26 Å². The molecular formula is C19H21ClN4O. The number of aryl methyl sites for hydroxylation is 2. The van der Waals surface area contributed by atoms with Gasteiger partial charge in [-0.2, -0.15) is 10.4 Å². The Bertz CT molecular complexity index is 800. The van der Waals surface area contributed by atoms with Crippen molar-refractivity contribution in [2.75, 3.05) is 5.32 Å². The summed E-state index contributed by atoms with van der Waals surface area (Å²) in [6.07, 6.45) is 5.56. The Kier molecular flexibility index (Phi) is 6.79. The van der Waals surface area contributed by atoms with Gasteiger partial charge in [-0.15, -0.1) is 0 Å². The lowest BCUT2D eigenvalue weighted by Crippen LogP contribution is -2.07. The van der Waals surface area contributed by atoms with Crippen LogP contribution in [-0.4, -0.2) is 15.7 Å². The number of carbonyl (C=O) groups is 1. The van der Waals surface area contributed by atoms with Crippen LogP contribution in [-0.2, 0) is 17.8 Å². The van der Waals surface area contributed by atoms with E-state index in [-0.39, 0.29) is 5.91 Å². The zero-order valence-electron chi connectivity index (χ0n) is 14.4. The molecule has 2 rings (SSSR count). The van der Waals surface area contributed by atoms with Gasteiger partial charge in [0.15, 0.2) is 0 Å². The van der Waals surface area contributed by atoms with Crippen molar-refractivity contribution in [1.82, 2.24) is 9.78 Å². The van der Waals surface area contributed by atoms with E-state index in [4.69, 9.17) is 16.9 Å². The second-order valence-corrected chi connectivity index (χ2v) is 6.08. The van der Waals surface area contributed by atoms with Crippen LogP contribution >= 0.6 is 11.6 Å². The minimum absolute atomic E-state index is 0.246. The van der Waals surface area contributed by atoms with Crippen LogP contribution in [0, 0.1) is 18.3 Å². The predicted octanol–water partition coefficient (Wildman–Crippen LogP) is 4.36. The van der Waals surface area contributed by atoms with E-state index in [1.54, 1.807) is 22.9 Å². The lowest BCUT2D eigenvalue weighted by molar-refractivity contribution is -0.111. The van der Waals surface area contributed by atoms with Crippen molar-refractivity contribution in [3.63, 3.8) is 0 Å². The summed E-state index contributed by atoms with van der Waals surface area (Å²) in [5.74, 6) is -0.246. The molecule has 1 aromatic heterocycles. The molecule has 1 heterocycles. The topological polar surface area (TPSA) is 70.7 Å². The Morgan fingerprint density at radius 2 is 2.12 bits per heavy atom. The Morgan fingerprint density at radius 1 is 1.40 bits per heavy atom. The van der Waals surface area contributed by atoms with Crippen molar-refractivity contribution in [2.45, 2.75) is 39.7 Å². The van der Waals surface area contributed by atoms with Crippen LogP contribution in [0.15, 0.2) is 30.3 Å². The van der Waals surface area contributed by atoms with Crippen LogP contribution in [0.3, 0.4) is 0 Å². The Hall–Kier alpha value is -2.58. The van der Waals surface area contributed by atoms with E-state index in [0.29, 0.717) is 17.3 Å². The SMILES string of the molecule is CCCCn1nc(C)c(/C=C/C(=O)Nc2ccc(CC#N)cc2)c1Cl. The van der Waals surface area contributed by atoms with E-state index in [1.807, 2.05) is 19.1 Å². The zero-order valence-corrected chi connectivity index (χ0v) is 15.2. The molecule has 0 spiro atoms. The number of hydrogen-bond acceptors (Lipinski definition) is 3. The fourth-order valence-corrected chi connectivity index (χ4v) is 2.67. The van der Waals surface area contributed by atoms with E-state index in [2.05, 4.69) is 23.4 Å². The molecule has 2 aromatic rings. The van der Waals surface area contributed by atoms with Gasteiger partial charge in [-0.25, -0.2) is 0 Å². The van der Waals surface area contributed by atoms with Crippen molar-refractivity contribution in [3.05, 3.63) is 52.3 Å². The first kappa shape index (κ1) is 18.8. The molecule has 0 fully saturated rings. The molecule has 6 heteroatoms. The molecule has 1 amide bonds. The van der Waals surface area contributed by atoms with Crippen LogP contribution in [0.4, 0.5) is 5.69 Å². The molecule has 25 heavy (non-hydrogen) atoms. The molecule has 0 saturated carbocycles. The predicted molar refractivity (Wildman–Crippen MR) is 100 cm³/mol. The summed E-state index contributed by atoms with van der Waals surface area (Å²) in [6.45, 7) is 4.76. The van der Waals surface area contributed by atoms with Crippen LogP contribution in [0.25, 0.3) is 6.08 Å². The summed E-state index contributed by atoms with van der Waals surface area (Å²) in [5.41, 5.74) is 3.15. The lowest BCUT2D eigenvalue weighted by Gasteiger charge is -2.03. The average Bonchev–Trinajstić information content (AvgIpc) is 2.86. The second-order valence-electron chi connectivity index (χ2n) is 5.72. The Morgan fingerprint density at radius 3 is 2.76 bits per heavy atom. The van der Waals surface area contributed by atoms with Gasteiger partial charge in [-0.1, -0.05) is 37.1 Å². The molecule has 5 nitrogen and oxygen atoms in total. The molecule has 130 valence electrons. The molecule has 1 N–H and O–H groups in total. The maximum Gasteiger partial charge on any atom is 0.248 e. The first-order chi connectivity index (χ1) is 12.0. The quantitative estimate of drug-likeness (QED) is 0.749. The van der Waals surface area contributed by atoms with E-state index in [0.717, 1.165) is 36.2 Å². The highest BCUT2D eigenvalue weighted by molar-refractivity contribution is 6.31. The summed E-state index contributed by atoms with van der Waals surface area (Å²) in [4.78, 5) is 12.1. The number of rotatable bonds is 7. The third-order valence-electron chi connectivity index (χ3n) is 3.74. The highest BCUT2D eigenvalue weighted by Crippen LogP contribution is 2.22. The largest absolute Gasteiger partial charge is 0.323 e. The highest BCUT2D eigenvalue weighted by atomic mass is 35.5. The summed E-state index contributed by atoms with van der Waals surface area (Å²) in [6, 6.07) is 9.28. The van der Waals surface area contributed by atoms with Crippen molar-refractivity contribution < 1.29 is 4.79 Å². The number of amides is 1. The summed E-state index contributed by atoms with van der Waals surface area (Å²) in [5, 5.41) is 16.4. The number of nitriles is 1. The summed E-state index contributed by atoms with van der Waals surface area (Å²) < 4.78 is 1.77. The number of hydrogen-bond donors (Lipinski definition) is 1. The minimum atomic E-state index is -0.246. The maximum absolute atomic E-state index is 12.1. The standard InChI is InChI=1S/C19H21ClN4O/c1-3-4-13-24-19(20)17(14(2)23-24)9-10-18(25)22-16-7-5-15(6-8-16)11-12-21/h5-10H,3-4,11,13H2,1-2H3,(H,22,25)/b10-9+. The first-order valence-corrected chi connectivity index (χ1v) is 8.60. The van der Waals surface area contributed by atoms with Gasteiger partial charge in [0.2, 0.25) is 5.91 Å². The Labute approximate surface area is 152 Å². The van der Waals surface area contributed by atoms with E-state index in [1.165, 1.54) is 6.08 Å². The van der Waals surface area contributed by atoms with Crippen LogP contribution in [0.2, 0.25) is 5.15 Å². The number of benzene rings is 1. The maximum atomic E-state index is 12.1. The third-order valence-corrected chi connectivity index (χ3v) is 4.14. The molecule has 0 atom stereocenters. The third kappa shape index (κ3) is 5.20. The molecule has 0 aliphatic heterocycles. The number of unbranched alkanes of at least 4 members (excludes halogenated alkanes) is 1. The highest BCUT2D eigenvalue weighted by Gasteiger charge is 2.11. The van der Waals surface area contributed by atoms with Crippen molar-refractivity contribution >= 4 is 29.3 Å². The van der Waals surface area contributed by atoms with Gasteiger partial charge in [0.25, 0.3) is 0 Å². The lowest BCUT2D eigenvalue weighted by atomic mass is 10.1. The number of anilines is 1. The number of aromatic nitrogens is 2. The Balaban J connectivity index is 2.02. The summed E-state index contributed by atoms with van der Waals surface area (Å²) in [7, 11) is 0. The van der Waals surface area contributed by atoms with Gasteiger partial charge in [0.05, 0.1) is 18.2 Å². The van der Waals surface area contributed by atoms with Gasteiger partial charge in [0.1, 0.15) is 5.15 Å². The van der Waals surface area contributed by atoms with Gasteiger partial charge in [0, 0.05) is 23.9 Å². The van der Waals surface area contributed by atoms with E-state index < -0.39 is 0 Å². The van der Waals surface area contributed by atoms with Gasteiger partial charge < -0.3 is 5.32 Å². The normalized spacial score (nSPS) is 10.8. The molecular weight excluding hydrogens is 336 g/mol. The van der Waals surface area contributed by atoms with Crippen molar-refractivity contribution in [3.8, 4) is 6.07 Å². The van der Waals surface area contributed by atoms with Crippen LogP contribution < -0.4 is 5.32 Å². The first-order valence-electron chi connectivity index (χ1n) is 8.23. The molecule has 0 bridgehead atoms. The summed E-state index contributed by atoms with van der Waals surface area (Å²) >= 11 is 6.35. The number of nitrogens with one attached hydrogen (secondary N) is 1. The fraction of sp³-hybridized carbons (Fsp3) is 0.316. The number of nitrogens with zero attached hydrogens (tertiary/aromatic N) is 3. The van der Waals surface area contributed by atoms with E-state index >= 15 is 0 Å². The fourth-order valence-electron chi connectivity index (χ4n) is 2.35. The van der Waals surface area contributed by atoms with Crippen LogP contribution in [0.5, 0.6) is 0 Å². The monoisotopic (exact) mass is 356 g/mol. The van der Waals surface area contributed by atoms with Gasteiger partial charge in [-0.05, 0) is 37.1 Å². The number of carbonyl (C=O) groups excluding carboxylic acids is 1. The average molecular weight is 357 g/mol. The minimum Gasteiger partial charge on any atom is -0.323 e. The molecule has 1 aromatic carbocycles. The van der Waals surface area contributed by atoms with Gasteiger partial charge >= 0.3 is 0 Å². The van der Waals surface area contributed by atoms with Crippen molar-refractivity contribution in [2.24, 2.45) is 0 Å². The molecule has 0 aliphatic rings.